The van der Waals surface area contributed by atoms with Crippen LogP contribution in [-0.4, -0.2) is 18.9 Å². The molecule has 0 aromatic heterocycles. The van der Waals surface area contributed by atoms with Gasteiger partial charge in [0.15, 0.2) is 0 Å². The molecular formula is C17H16N2O3. The molecule has 1 aliphatic rings. The van der Waals surface area contributed by atoms with Crippen molar-refractivity contribution in [2.45, 2.75) is 12.8 Å². The maximum absolute atomic E-state index is 12.1. The van der Waals surface area contributed by atoms with Gasteiger partial charge in [-0.05, 0) is 35.4 Å². The fourth-order valence-electron chi connectivity index (χ4n) is 2.56. The van der Waals surface area contributed by atoms with Crippen LogP contribution in [0.4, 0.5) is 16.2 Å². The van der Waals surface area contributed by atoms with E-state index in [4.69, 9.17) is 4.74 Å². The summed E-state index contributed by atoms with van der Waals surface area (Å²) in [6.45, 7) is 0. The zero-order valence-corrected chi connectivity index (χ0v) is 12.2. The Morgan fingerprint density at radius 3 is 2.64 bits per heavy atom. The fourth-order valence-corrected chi connectivity index (χ4v) is 2.56. The van der Waals surface area contributed by atoms with E-state index in [1.54, 1.807) is 25.3 Å². The molecule has 0 fully saturated rings. The lowest BCUT2D eigenvalue weighted by molar-refractivity contribution is -0.117. The Labute approximate surface area is 128 Å². The van der Waals surface area contributed by atoms with E-state index >= 15 is 0 Å². The maximum atomic E-state index is 12.1. The van der Waals surface area contributed by atoms with Crippen LogP contribution in [0.15, 0.2) is 42.5 Å². The first kappa shape index (κ1) is 14.1. The number of urea groups is 1. The summed E-state index contributed by atoms with van der Waals surface area (Å²) in [5.74, 6) is 0.808. The molecule has 5 nitrogen and oxygen atoms in total. The highest BCUT2D eigenvalue weighted by molar-refractivity contribution is 6.01. The molecule has 0 bridgehead atoms. The lowest BCUT2D eigenvalue weighted by Gasteiger charge is -2.11. The monoisotopic (exact) mass is 296 g/mol. The van der Waals surface area contributed by atoms with Crippen LogP contribution in [-0.2, 0) is 17.6 Å². The van der Waals surface area contributed by atoms with Gasteiger partial charge >= 0.3 is 6.03 Å². The highest BCUT2D eigenvalue weighted by Gasteiger charge is 2.18. The average molecular weight is 296 g/mol. The van der Waals surface area contributed by atoms with Crippen molar-refractivity contribution in [2.75, 3.05) is 17.7 Å². The van der Waals surface area contributed by atoms with Gasteiger partial charge in [0.2, 0.25) is 0 Å². The highest BCUT2D eigenvalue weighted by atomic mass is 16.5. The van der Waals surface area contributed by atoms with E-state index in [2.05, 4.69) is 10.6 Å². The van der Waals surface area contributed by atoms with Crippen molar-refractivity contribution in [3.63, 3.8) is 0 Å². The van der Waals surface area contributed by atoms with Crippen LogP contribution < -0.4 is 15.4 Å². The molecule has 1 aliphatic carbocycles. The summed E-state index contributed by atoms with van der Waals surface area (Å²) in [5.41, 5.74) is 3.29. The number of carbonyl (C=O) groups is 2. The predicted molar refractivity (Wildman–Crippen MR) is 84.5 cm³/mol. The fraction of sp³-hybridized carbons (Fsp3) is 0.176. The standard InChI is InChI=1S/C17H16N2O3/c1-22-16-5-3-2-4-15(16)19-17(21)18-13-7-6-11-9-14(20)10-12(11)8-13/h2-8H,9-10H2,1H3,(H2,18,19,21). The SMILES string of the molecule is COc1ccccc1NC(=O)Nc1ccc2c(c1)CC(=O)C2. The van der Waals surface area contributed by atoms with Crippen molar-refractivity contribution >= 4 is 23.2 Å². The van der Waals surface area contributed by atoms with E-state index in [-0.39, 0.29) is 11.8 Å². The molecule has 2 amide bonds. The number of hydrogen-bond donors (Lipinski definition) is 2. The first-order valence-corrected chi connectivity index (χ1v) is 7.00. The van der Waals surface area contributed by atoms with E-state index in [1.165, 1.54) is 0 Å². The number of hydrogen-bond acceptors (Lipinski definition) is 3. The molecule has 3 rings (SSSR count). The number of nitrogens with one attached hydrogen (secondary N) is 2. The topological polar surface area (TPSA) is 67.4 Å². The van der Waals surface area contributed by atoms with Crippen molar-refractivity contribution < 1.29 is 14.3 Å². The van der Waals surface area contributed by atoms with Crippen LogP contribution in [0.5, 0.6) is 5.75 Å². The van der Waals surface area contributed by atoms with Gasteiger partial charge in [-0.2, -0.15) is 0 Å². The van der Waals surface area contributed by atoms with Crippen molar-refractivity contribution in [3.05, 3.63) is 53.6 Å². The number of amides is 2. The van der Waals surface area contributed by atoms with Gasteiger partial charge in [-0.1, -0.05) is 18.2 Å². The Hall–Kier alpha value is -2.82. The van der Waals surface area contributed by atoms with Gasteiger partial charge in [-0.15, -0.1) is 0 Å². The molecule has 2 aromatic carbocycles. The molecule has 112 valence electrons. The first-order chi connectivity index (χ1) is 10.7. The van der Waals surface area contributed by atoms with Crippen LogP contribution in [0.25, 0.3) is 0 Å². The van der Waals surface area contributed by atoms with Crippen LogP contribution in [0.2, 0.25) is 0 Å². The van der Waals surface area contributed by atoms with Gasteiger partial charge in [0.25, 0.3) is 0 Å². The minimum absolute atomic E-state index is 0.214. The quantitative estimate of drug-likeness (QED) is 0.915. The number of fused-ring (bicyclic) bond motifs is 1. The molecule has 2 aromatic rings. The first-order valence-electron chi connectivity index (χ1n) is 7.00. The van der Waals surface area contributed by atoms with Crippen LogP contribution in [0.1, 0.15) is 11.1 Å². The molecule has 22 heavy (non-hydrogen) atoms. The normalized spacial score (nSPS) is 12.7. The van der Waals surface area contributed by atoms with Crippen LogP contribution in [0, 0.1) is 0 Å². The molecule has 0 radical (unpaired) electrons. The summed E-state index contributed by atoms with van der Waals surface area (Å²) < 4.78 is 5.19. The van der Waals surface area contributed by atoms with Crippen molar-refractivity contribution in [1.29, 1.82) is 0 Å². The van der Waals surface area contributed by atoms with Crippen LogP contribution in [0.3, 0.4) is 0 Å². The Morgan fingerprint density at radius 2 is 1.82 bits per heavy atom. The number of rotatable bonds is 3. The number of ether oxygens (including phenoxy) is 1. The Kier molecular flexibility index (Phi) is 3.78. The van der Waals surface area contributed by atoms with Gasteiger partial charge in [0, 0.05) is 18.5 Å². The number of anilines is 2. The van der Waals surface area contributed by atoms with E-state index in [9.17, 15) is 9.59 Å². The number of carbonyl (C=O) groups excluding carboxylic acids is 2. The summed E-state index contributed by atoms with van der Waals surface area (Å²) in [5, 5.41) is 5.51. The van der Waals surface area contributed by atoms with Gasteiger partial charge in [-0.3, -0.25) is 4.79 Å². The number of para-hydroxylation sites is 2. The van der Waals surface area contributed by atoms with Crippen molar-refractivity contribution in [3.8, 4) is 5.75 Å². The second kappa shape index (κ2) is 5.89. The molecule has 2 N–H and O–H groups in total. The van der Waals surface area contributed by atoms with Gasteiger partial charge in [0.05, 0.1) is 12.8 Å². The van der Waals surface area contributed by atoms with E-state index in [1.807, 2.05) is 24.3 Å². The number of Topliss-reactive ketones (excluding diaryl/α,β-unsaturated/α-hetero) is 1. The Bertz CT molecular complexity index is 740. The van der Waals surface area contributed by atoms with E-state index in [0.29, 0.717) is 30.0 Å². The summed E-state index contributed by atoms with van der Waals surface area (Å²) in [6.07, 6.45) is 0.933. The zero-order chi connectivity index (χ0) is 15.5. The molecule has 0 atom stereocenters. The third-order valence-corrected chi connectivity index (χ3v) is 3.59. The van der Waals surface area contributed by atoms with E-state index < -0.39 is 0 Å². The number of benzene rings is 2. The van der Waals surface area contributed by atoms with Gasteiger partial charge < -0.3 is 15.4 Å². The van der Waals surface area contributed by atoms with Crippen molar-refractivity contribution in [1.82, 2.24) is 0 Å². The molecule has 0 spiro atoms. The summed E-state index contributed by atoms with van der Waals surface area (Å²) >= 11 is 0. The lowest BCUT2D eigenvalue weighted by atomic mass is 10.1. The summed E-state index contributed by atoms with van der Waals surface area (Å²) in [7, 11) is 1.55. The molecule has 5 heteroatoms. The Morgan fingerprint density at radius 1 is 1.05 bits per heavy atom. The maximum Gasteiger partial charge on any atom is 0.323 e. The molecule has 0 heterocycles. The number of ketones is 1. The minimum atomic E-state index is -0.353. The third-order valence-electron chi connectivity index (χ3n) is 3.59. The third kappa shape index (κ3) is 2.93. The van der Waals surface area contributed by atoms with Crippen LogP contribution >= 0.6 is 0 Å². The average Bonchev–Trinajstić information content (AvgIpc) is 2.87. The number of methoxy groups -OCH3 is 1. The summed E-state index contributed by atoms with van der Waals surface area (Å²) in [6, 6.07) is 12.4. The lowest BCUT2D eigenvalue weighted by Crippen LogP contribution is -2.19. The zero-order valence-electron chi connectivity index (χ0n) is 12.2. The Balaban J connectivity index is 1.70. The van der Waals surface area contributed by atoms with Gasteiger partial charge in [-0.25, -0.2) is 4.79 Å². The minimum Gasteiger partial charge on any atom is -0.495 e. The second-order valence-corrected chi connectivity index (χ2v) is 5.16. The second-order valence-electron chi connectivity index (χ2n) is 5.16. The predicted octanol–water partition coefficient (Wildman–Crippen LogP) is 3.01. The van der Waals surface area contributed by atoms with Crippen molar-refractivity contribution in [2.24, 2.45) is 0 Å². The molecule has 0 saturated heterocycles. The molecule has 0 aliphatic heterocycles. The smallest absolute Gasteiger partial charge is 0.323 e. The van der Waals surface area contributed by atoms with E-state index in [0.717, 1.165) is 11.1 Å². The summed E-state index contributed by atoms with van der Waals surface area (Å²) in [4.78, 5) is 23.5. The molecule has 0 saturated carbocycles. The highest BCUT2D eigenvalue weighted by Crippen LogP contribution is 2.25. The van der Waals surface area contributed by atoms with Gasteiger partial charge in [0.1, 0.15) is 11.5 Å². The molecular weight excluding hydrogens is 280 g/mol. The largest absolute Gasteiger partial charge is 0.495 e. The molecule has 0 unspecified atom stereocenters.